The van der Waals surface area contributed by atoms with Crippen LogP contribution in [-0.2, 0) is 15.7 Å². The number of piperazine rings is 1. The van der Waals surface area contributed by atoms with Crippen LogP contribution in [0.15, 0.2) is 12.3 Å². The lowest BCUT2D eigenvalue weighted by Crippen LogP contribution is -2.49. The molecule has 1 aliphatic rings. The third kappa shape index (κ3) is 5.88. The van der Waals surface area contributed by atoms with Crippen LogP contribution in [0.3, 0.4) is 0 Å². The molecule has 1 fully saturated rings. The van der Waals surface area contributed by atoms with Crippen molar-refractivity contribution < 1.29 is 27.5 Å². The van der Waals surface area contributed by atoms with Crippen LogP contribution in [0.25, 0.3) is 0 Å². The van der Waals surface area contributed by atoms with Gasteiger partial charge in [0.25, 0.3) is 0 Å². The van der Waals surface area contributed by atoms with Gasteiger partial charge in [-0.3, -0.25) is 4.79 Å². The van der Waals surface area contributed by atoms with Gasteiger partial charge in [-0.2, -0.15) is 13.2 Å². The first-order valence-corrected chi connectivity index (χ1v) is 8.76. The summed E-state index contributed by atoms with van der Waals surface area (Å²) < 4.78 is 42.8. The summed E-state index contributed by atoms with van der Waals surface area (Å²) >= 11 is 5.95. The molecule has 2 rings (SSSR count). The van der Waals surface area contributed by atoms with Gasteiger partial charge in [-0.05, 0) is 13.0 Å². The molecule has 0 spiro atoms. The minimum atomic E-state index is -4.50. The Kier molecular flexibility index (Phi) is 7.11. The number of hydrogen-bond donors (Lipinski definition) is 1. The Morgan fingerprint density at radius 2 is 1.96 bits per heavy atom. The highest BCUT2D eigenvalue weighted by Gasteiger charge is 2.32. The third-order valence-corrected chi connectivity index (χ3v) is 4.24. The molecule has 2 amide bonds. The normalized spacial score (nSPS) is 14.9. The van der Waals surface area contributed by atoms with Crippen LogP contribution in [0, 0.1) is 0 Å². The van der Waals surface area contributed by atoms with Crippen molar-refractivity contribution in [1.82, 2.24) is 15.2 Å². The molecule has 27 heavy (non-hydrogen) atoms. The van der Waals surface area contributed by atoms with Gasteiger partial charge in [-0.25, -0.2) is 9.78 Å². The zero-order valence-corrected chi connectivity index (χ0v) is 15.4. The monoisotopic (exact) mass is 408 g/mol. The number of alkyl halides is 3. The summed E-state index contributed by atoms with van der Waals surface area (Å²) in [7, 11) is 0. The van der Waals surface area contributed by atoms with Crippen molar-refractivity contribution in [2.45, 2.75) is 19.5 Å². The second kappa shape index (κ2) is 9.12. The van der Waals surface area contributed by atoms with Gasteiger partial charge >= 0.3 is 12.3 Å². The van der Waals surface area contributed by atoms with Gasteiger partial charge in [0, 0.05) is 45.3 Å². The molecule has 0 atom stereocenters. The van der Waals surface area contributed by atoms with Gasteiger partial charge in [0.05, 0.1) is 17.2 Å². The fourth-order valence-electron chi connectivity index (χ4n) is 2.60. The van der Waals surface area contributed by atoms with Crippen LogP contribution in [-0.4, -0.2) is 61.2 Å². The second-order valence-electron chi connectivity index (χ2n) is 5.79. The number of alkyl carbamates (subject to hydrolysis) is 1. The maximum atomic E-state index is 12.7. The maximum Gasteiger partial charge on any atom is 0.417 e. The zero-order chi connectivity index (χ0) is 20.0. The van der Waals surface area contributed by atoms with Crippen LogP contribution >= 0.6 is 11.6 Å². The van der Waals surface area contributed by atoms with Gasteiger partial charge in [-0.1, -0.05) is 11.6 Å². The van der Waals surface area contributed by atoms with Gasteiger partial charge in [-0.15, -0.1) is 0 Å². The summed E-state index contributed by atoms with van der Waals surface area (Å²) in [5, 5.41) is 2.39. The molecule has 0 saturated carbocycles. The molecule has 1 aromatic rings. The molecule has 0 bridgehead atoms. The van der Waals surface area contributed by atoms with Crippen molar-refractivity contribution in [2.24, 2.45) is 0 Å². The van der Waals surface area contributed by atoms with E-state index in [0.717, 1.165) is 12.3 Å². The fraction of sp³-hybridized carbons (Fsp3) is 0.562. The molecule has 0 unspecified atom stereocenters. The van der Waals surface area contributed by atoms with E-state index in [1.54, 1.807) is 16.7 Å². The summed E-state index contributed by atoms with van der Waals surface area (Å²) in [6.07, 6.45) is -4.19. The number of rotatable bonds is 5. The van der Waals surface area contributed by atoms with Crippen LogP contribution in [0.1, 0.15) is 18.9 Å². The highest BCUT2D eigenvalue weighted by Crippen LogP contribution is 2.33. The summed E-state index contributed by atoms with van der Waals surface area (Å²) in [6.45, 7) is 3.67. The summed E-state index contributed by atoms with van der Waals surface area (Å²) in [5.74, 6) is 0.138. The first-order valence-electron chi connectivity index (χ1n) is 8.38. The minimum Gasteiger partial charge on any atom is -0.450 e. The second-order valence-corrected chi connectivity index (χ2v) is 6.20. The standard InChI is InChI=1S/C16H20ClF3N4O3/c1-2-27-15(26)21-4-3-13(25)23-5-7-24(8-6-23)14-12(17)9-11(10-22-14)16(18,19)20/h9-10H,2-8H2,1H3,(H,21,26). The van der Waals surface area contributed by atoms with E-state index >= 15 is 0 Å². The Balaban J connectivity index is 1.84. The first kappa shape index (κ1) is 21.1. The Labute approximate surface area is 159 Å². The molecular weight excluding hydrogens is 389 g/mol. The predicted molar refractivity (Wildman–Crippen MR) is 92.7 cm³/mol. The number of anilines is 1. The van der Waals surface area contributed by atoms with Gasteiger partial charge in [0.2, 0.25) is 5.91 Å². The first-order chi connectivity index (χ1) is 12.7. The topological polar surface area (TPSA) is 74.8 Å². The minimum absolute atomic E-state index is 0.0803. The molecule has 0 radical (unpaired) electrons. The number of nitrogens with one attached hydrogen (secondary N) is 1. The van der Waals surface area contributed by atoms with E-state index in [1.807, 2.05) is 0 Å². The van der Waals surface area contributed by atoms with Gasteiger partial charge < -0.3 is 19.9 Å². The van der Waals surface area contributed by atoms with Gasteiger partial charge in [0.15, 0.2) is 0 Å². The number of carbonyl (C=O) groups excluding carboxylic acids is 2. The number of carbonyl (C=O) groups is 2. The van der Waals surface area contributed by atoms with Crippen molar-refractivity contribution in [2.75, 3.05) is 44.2 Å². The van der Waals surface area contributed by atoms with Crippen LogP contribution in [0.2, 0.25) is 5.02 Å². The highest BCUT2D eigenvalue weighted by molar-refractivity contribution is 6.33. The molecule has 0 aliphatic carbocycles. The van der Waals surface area contributed by atoms with Gasteiger partial charge in [0.1, 0.15) is 5.82 Å². The van der Waals surface area contributed by atoms with Crippen molar-refractivity contribution in [3.8, 4) is 0 Å². The quantitative estimate of drug-likeness (QED) is 0.810. The largest absolute Gasteiger partial charge is 0.450 e. The maximum absolute atomic E-state index is 12.7. The Hall–Kier alpha value is -2.23. The molecule has 1 saturated heterocycles. The summed E-state index contributed by atoms with van der Waals surface area (Å²) in [6, 6.07) is 0.850. The molecule has 0 aromatic carbocycles. The third-order valence-electron chi connectivity index (χ3n) is 3.96. The molecule has 150 valence electrons. The molecule has 2 heterocycles. The lowest BCUT2D eigenvalue weighted by molar-refractivity contribution is -0.137. The Morgan fingerprint density at radius 3 is 2.52 bits per heavy atom. The Morgan fingerprint density at radius 1 is 1.30 bits per heavy atom. The number of amides is 2. The van der Waals surface area contributed by atoms with Crippen LogP contribution < -0.4 is 10.2 Å². The lowest BCUT2D eigenvalue weighted by Gasteiger charge is -2.35. The van der Waals surface area contributed by atoms with Crippen LogP contribution in [0.4, 0.5) is 23.8 Å². The summed E-state index contributed by atoms with van der Waals surface area (Å²) in [5.41, 5.74) is -0.904. The van der Waals surface area contributed by atoms with E-state index in [1.165, 1.54) is 0 Å². The number of hydrogen-bond acceptors (Lipinski definition) is 5. The van der Waals surface area contributed by atoms with Crippen molar-refractivity contribution in [3.63, 3.8) is 0 Å². The highest BCUT2D eigenvalue weighted by atomic mass is 35.5. The van der Waals surface area contributed by atoms with E-state index in [4.69, 9.17) is 16.3 Å². The van der Waals surface area contributed by atoms with Crippen molar-refractivity contribution >= 4 is 29.4 Å². The SMILES string of the molecule is CCOC(=O)NCCC(=O)N1CCN(c2ncc(C(F)(F)F)cc2Cl)CC1. The number of nitrogens with zero attached hydrogens (tertiary/aromatic N) is 3. The average molecular weight is 409 g/mol. The summed E-state index contributed by atoms with van der Waals surface area (Å²) in [4.78, 5) is 30.5. The lowest BCUT2D eigenvalue weighted by atomic mass is 10.2. The van der Waals surface area contributed by atoms with E-state index in [2.05, 4.69) is 10.3 Å². The molecule has 1 N–H and O–H groups in total. The number of halogens is 4. The smallest absolute Gasteiger partial charge is 0.417 e. The van der Waals surface area contributed by atoms with Crippen LogP contribution in [0.5, 0.6) is 0 Å². The number of pyridine rings is 1. The molecule has 7 nitrogen and oxygen atoms in total. The van der Waals surface area contributed by atoms with Crippen molar-refractivity contribution in [1.29, 1.82) is 0 Å². The molecule has 11 heteroatoms. The number of ether oxygens (including phenoxy) is 1. The fourth-order valence-corrected chi connectivity index (χ4v) is 2.88. The van der Waals surface area contributed by atoms with E-state index in [-0.39, 0.29) is 36.3 Å². The van der Waals surface area contributed by atoms with E-state index < -0.39 is 17.8 Å². The molecular formula is C16H20ClF3N4O3. The average Bonchev–Trinajstić information content (AvgIpc) is 2.61. The van der Waals surface area contributed by atoms with E-state index in [9.17, 15) is 22.8 Å². The molecule has 1 aliphatic heterocycles. The Bertz CT molecular complexity index is 679. The number of aromatic nitrogens is 1. The zero-order valence-electron chi connectivity index (χ0n) is 14.7. The van der Waals surface area contributed by atoms with E-state index in [0.29, 0.717) is 26.2 Å². The molecule has 1 aromatic heterocycles. The predicted octanol–water partition coefficient (Wildman–Crippen LogP) is 2.54. The van der Waals surface area contributed by atoms with Crippen molar-refractivity contribution in [3.05, 3.63) is 22.8 Å².